The topological polar surface area (TPSA) is 0 Å². The summed E-state index contributed by atoms with van der Waals surface area (Å²) in [5.41, 5.74) is 4.19. The zero-order valence-electron chi connectivity index (χ0n) is 9.70. The molecule has 0 bridgehead atoms. The van der Waals surface area contributed by atoms with Crippen LogP contribution >= 0.6 is 0 Å². The van der Waals surface area contributed by atoms with Crippen molar-refractivity contribution < 1.29 is 0 Å². The minimum atomic E-state index is 0.539. The summed E-state index contributed by atoms with van der Waals surface area (Å²) in [7, 11) is 0. The molecule has 1 aromatic rings. The zero-order valence-corrected chi connectivity index (χ0v) is 9.70. The maximum atomic E-state index is 2.27. The number of hydrogen-bond donors (Lipinski definition) is 0. The van der Waals surface area contributed by atoms with E-state index >= 15 is 0 Å². The molecule has 0 aliphatic heterocycles. The van der Waals surface area contributed by atoms with Gasteiger partial charge in [-0.15, -0.1) is 0 Å². The molecule has 2 rings (SSSR count). The van der Waals surface area contributed by atoms with Gasteiger partial charge in [0.2, 0.25) is 0 Å². The number of allylic oxidation sites excluding steroid dienone is 2. The first-order valence-electron chi connectivity index (χ1n) is 5.68. The van der Waals surface area contributed by atoms with Crippen LogP contribution in [-0.2, 0) is 0 Å². The van der Waals surface area contributed by atoms with Gasteiger partial charge in [-0.2, -0.15) is 0 Å². The van der Waals surface area contributed by atoms with Crippen molar-refractivity contribution in [2.45, 2.75) is 26.7 Å². The van der Waals surface area contributed by atoms with Crippen molar-refractivity contribution in [3.8, 4) is 0 Å². The average Bonchev–Trinajstić information content (AvgIpc) is 2.40. The second-order valence-corrected chi connectivity index (χ2v) is 4.58. The third-order valence-electron chi connectivity index (χ3n) is 2.94. The molecule has 15 heavy (non-hydrogen) atoms. The van der Waals surface area contributed by atoms with E-state index < -0.39 is 0 Å². The minimum absolute atomic E-state index is 0.539. The molecule has 1 aliphatic rings. The predicted octanol–water partition coefficient (Wildman–Crippen LogP) is 4.49. The van der Waals surface area contributed by atoms with Gasteiger partial charge in [0.15, 0.2) is 0 Å². The quantitative estimate of drug-likeness (QED) is 0.624. The van der Waals surface area contributed by atoms with Crippen molar-refractivity contribution in [3.05, 3.63) is 47.0 Å². The Hall–Kier alpha value is -1.30. The Morgan fingerprint density at radius 2 is 1.80 bits per heavy atom. The Labute approximate surface area is 92.3 Å². The van der Waals surface area contributed by atoms with Crippen molar-refractivity contribution in [2.24, 2.45) is 5.92 Å². The Kier molecular flexibility index (Phi) is 2.77. The van der Waals surface area contributed by atoms with Crippen LogP contribution in [0.5, 0.6) is 0 Å². The highest BCUT2D eigenvalue weighted by molar-refractivity contribution is 5.70. The van der Waals surface area contributed by atoms with Crippen LogP contribution in [0.4, 0.5) is 0 Å². The lowest BCUT2D eigenvalue weighted by atomic mass is 9.93. The molecule has 0 N–H and O–H groups in total. The minimum Gasteiger partial charge on any atom is -0.0773 e. The van der Waals surface area contributed by atoms with Crippen molar-refractivity contribution in [3.63, 3.8) is 0 Å². The summed E-state index contributed by atoms with van der Waals surface area (Å²) in [6, 6.07) is 6.58. The fourth-order valence-corrected chi connectivity index (χ4v) is 2.01. The van der Waals surface area contributed by atoms with Gasteiger partial charge in [-0.05, 0) is 28.5 Å². The molecule has 0 heteroatoms. The molecule has 0 nitrogen and oxygen atoms in total. The average molecular weight is 198 g/mol. The summed E-state index contributed by atoms with van der Waals surface area (Å²) in [6.45, 7) is 6.72. The molecule has 0 radical (unpaired) electrons. The van der Waals surface area contributed by atoms with E-state index in [0.29, 0.717) is 11.8 Å². The summed E-state index contributed by atoms with van der Waals surface area (Å²) < 4.78 is 0. The lowest BCUT2D eigenvalue weighted by Gasteiger charge is -2.11. The highest BCUT2D eigenvalue weighted by Gasteiger charge is 2.09. The van der Waals surface area contributed by atoms with Crippen molar-refractivity contribution >= 4 is 12.2 Å². The Balaban J connectivity index is 2.57. The highest BCUT2D eigenvalue weighted by Crippen LogP contribution is 2.27. The standard InChI is InChI=1S/C15H18/c1-11(2)14-6-4-5-13-9-7-12(3)8-10-15(13)14/h4-12H,1-3H3. The van der Waals surface area contributed by atoms with Crippen LogP contribution in [0.2, 0.25) is 0 Å². The predicted molar refractivity (Wildman–Crippen MR) is 67.8 cm³/mol. The van der Waals surface area contributed by atoms with E-state index in [2.05, 4.69) is 63.3 Å². The highest BCUT2D eigenvalue weighted by atomic mass is 14.1. The molecule has 1 aliphatic carbocycles. The maximum Gasteiger partial charge on any atom is -0.00752 e. The second kappa shape index (κ2) is 4.06. The molecule has 1 unspecified atom stereocenters. The largest absolute Gasteiger partial charge is 0.0773 e. The summed E-state index contributed by atoms with van der Waals surface area (Å²) in [4.78, 5) is 0. The van der Waals surface area contributed by atoms with Gasteiger partial charge in [-0.3, -0.25) is 0 Å². The van der Waals surface area contributed by atoms with Crippen LogP contribution in [0, 0.1) is 5.92 Å². The van der Waals surface area contributed by atoms with Crippen LogP contribution in [-0.4, -0.2) is 0 Å². The van der Waals surface area contributed by atoms with E-state index in [1.807, 2.05) is 0 Å². The van der Waals surface area contributed by atoms with Crippen LogP contribution in [0.25, 0.3) is 12.2 Å². The normalized spacial score (nSPS) is 19.1. The Morgan fingerprint density at radius 3 is 2.53 bits per heavy atom. The second-order valence-electron chi connectivity index (χ2n) is 4.58. The first-order chi connectivity index (χ1) is 7.18. The van der Waals surface area contributed by atoms with Gasteiger partial charge in [0.1, 0.15) is 0 Å². The molecule has 0 fully saturated rings. The van der Waals surface area contributed by atoms with Crippen LogP contribution in [0.3, 0.4) is 0 Å². The number of rotatable bonds is 1. The molecule has 0 spiro atoms. The van der Waals surface area contributed by atoms with Crippen LogP contribution in [0.1, 0.15) is 43.4 Å². The molecule has 1 aromatic carbocycles. The maximum absolute atomic E-state index is 2.27. The summed E-state index contributed by atoms with van der Waals surface area (Å²) >= 11 is 0. The van der Waals surface area contributed by atoms with Gasteiger partial charge < -0.3 is 0 Å². The Bertz CT molecular complexity index is 408. The van der Waals surface area contributed by atoms with Gasteiger partial charge in [0.25, 0.3) is 0 Å². The SMILES string of the molecule is CC1C=Cc2cccc(C(C)C)c2C=C1. The van der Waals surface area contributed by atoms with Gasteiger partial charge in [0.05, 0.1) is 0 Å². The first-order valence-corrected chi connectivity index (χ1v) is 5.68. The van der Waals surface area contributed by atoms with Crippen LogP contribution in [0.15, 0.2) is 30.4 Å². The number of hydrogen-bond acceptors (Lipinski definition) is 0. The van der Waals surface area contributed by atoms with E-state index in [1.165, 1.54) is 16.7 Å². The molecule has 78 valence electrons. The first kappa shape index (κ1) is 10.2. The Morgan fingerprint density at radius 1 is 1.07 bits per heavy atom. The molecule has 0 aromatic heterocycles. The lowest BCUT2D eigenvalue weighted by Crippen LogP contribution is -1.93. The fraction of sp³-hybridized carbons (Fsp3) is 0.333. The van der Waals surface area contributed by atoms with E-state index in [-0.39, 0.29) is 0 Å². The van der Waals surface area contributed by atoms with Crippen molar-refractivity contribution in [2.75, 3.05) is 0 Å². The third-order valence-corrected chi connectivity index (χ3v) is 2.94. The fourth-order valence-electron chi connectivity index (χ4n) is 2.01. The molecule has 0 saturated carbocycles. The molecular weight excluding hydrogens is 180 g/mol. The van der Waals surface area contributed by atoms with E-state index in [4.69, 9.17) is 0 Å². The van der Waals surface area contributed by atoms with E-state index in [0.717, 1.165) is 0 Å². The number of fused-ring (bicyclic) bond motifs is 1. The molecule has 0 heterocycles. The van der Waals surface area contributed by atoms with Crippen molar-refractivity contribution in [1.82, 2.24) is 0 Å². The molecule has 1 atom stereocenters. The molecule has 0 amide bonds. The van der Waals surface area contributed by atoms with Gasteiger partial charge in [0, 0.05) is 0 Å². The summed E-state index contributed by atoms with van der Waals surface area (Å²) in [5.74, 6) is 1.13. The summed E-state index contributed by atoms with van der Waals surface area (Å²) in [5, 5.41) is 0. The third kappa shape index (κ3) is 2.04. The van der Waals surface area contributed by atoms with E-state index in [9.17, 15) is 0 Å². The number of benzene rings is 1. The van der Waals surface area contributed by atoms with Crippen LogP contribution < -0.4 is 0 Å². The molecule has 0 saturated heterocycles. The van der Waals surface area contributed by atoms with Gasteiger partial charge in [-0.25, -0.2) is 0 Å². The van der Waals surface area contributed by atoms with Gasteiger partial charge >= 0.3 is 0 Å². The zero-order chi connectivity index (χ0) is 10.8. The molecular formula is C15H18. The van der Waals surface area contributed by atoms with Crippen molar-refractivity contribution in [1.29, 1.82) is 0 Å². The monoisotopic (exact) mass is 198 g/mol. The van der Waals surface area contributed by atoms with E-state index in [1.54, 1.807) is 0 Å². The lowest BCUT2D eigenvalue weighted by molar-refractivity contribution is 0.863. The van der Waals surface area contributed by atoms with Gasteiger partial charge in [-0.1, -0.05) is 63.3 Å². The summed E-state index contributed by atoms with van der Waals surface area (Å²) in [6.07, 6.45) is 9.04. The smallest absolute Gasteiger partial charge is 0.00752 e.